The van der Waals surface area contributed by atoms with Crippen LogP contribution in [-0.4, -0.2) is 20.9 Å². The lowest BCUT2D eigenvalue weighted by atomic mass is 10.0. The number of nitrogen functional groups attached to an aromatic ring is 1. The van der Waals surface area contributed by atoms with Gasteiger partial charge in [0, 0.05) is 18.9 Å². The van der Waals surface area contributed by atoms with E-state index in [0.29, 0.717) is 5.82 Å². The van der Waals surface area contributed by atoms with Crippen LogP contribution in [0.25, 0.3) is 5.65 Å². The molecule has 0 aliphatic heterocycles. The largest absolute Gasteiger partial charge is 0.382 e. The van der Waals surface area contributed by atoms with Crippen molar-refractivity contribution in [1.29, 1.82) is 0 Å². The van der Waals surface area contributed by atoms with Gasteiger partial charge >= 0.3 is 0 Å². The molecule has 2 aromatic heterocycles. The maximum absolute atomic E-state index is 5.78. The van der Waals surface area contributed by atoms with E-state index in [9.17, 15) is 0 Å². The summed E-state index contributed by atoms with van der Waals surface area (Å²) in [6.07, 6.45) is 11.8. The number of rotatable bonds is 8. The molecule has 20 heavy (non-hydrogen) atoms. The van der Waals surface area contributed by atoms with E-state index in [2.05, 4.69) is 29.1 Å². The van der Waals surface area contributed by atoms with Crippen molar-refractivity contribution < 1.29 is 0 Å². The molecule has 5 nitrogen and oxygen atoms in total. The first-order valence-electron chi connectivity index (χ1n) is 7.50. The minimum absolute atomic E-state index is 0.509. The number of hydrogen-bond acceptors (Lipinski definition) is 4. The number of nitrogens with two attached hydrogens (primary N) is 1. The molecule has 0 aliphatic rings. The number of fused-ring (bicyclic) bond motifs is 1. The minimum Gasteiger partial charge on any atom is -0.382 e. The van der Waals surface area contributed by atoms with Crippen LogP contribution in [0.2, 0.25) is 0 Å². The van der Waals surface area contributed by atoms with E-state index in [1.165, 1.54) is 25.7 Å². The molecule has 0 saturated carbocycles. The molecule has 0 saturated heterocycles. The zero-order chi connectivity index (χ0) is 14.4. The SMILES string of the molecule is CC(C)CCCCCCNc1nc(N)cn2ccnc12. The summed E-state index contributed by atoms with van der Waals surface area (Å²) in [4.78, 5) is 8.60. The standard InChI is InChI=1S/C15H25N5/c1-12(2)7-5-3-4-6-8-17-14-15-18-9-10-20(15)11-13(16)19-14/h9-12H,3-8,16H2,1-2H3,(H,17,19). The van der Waals surface area contributed by atoms with Crippen LogP contribution in [-0.2, 0) is 0 Å². The van der Waals surface area contributed by atoms with Gasteiger partial charge in [0.05, 0.1) is 6.20 Å². The van der Waals surface area contributed by atoms with Crippen LogP contribution in [0.1, 0.15) is 46.0 Å². The van der Waals surface area contributed by atoms with Crippen molar-refractivity contribution in [3.63, 3.8) is 0 Å². The Kier molecular flexibility index (Phi) is 5.21. The summed E-state index contributed by atoms with van der Waals surface area (Å²) < 4.78 is 1.90. The van der Waals surface area contributed by atoms with E-state index >= 15 is 0 Å². The zero-order valence-electron chi connectivity index (χ0n) is 12.5. The molecule has 0 fully saturated rings. The maximum atomic E-state index is 5.78. The Labute approximate surface area is 120 Å². The Bertz CT molecular complexity index is 532. The Morgan fingerprint density at radius 1 is 1.25 bits per heavy atom. The Hall–Kier alpha value is -1.78. The molecule has 0 atom stereocenters. The van der Waals surface area contributed by atoms with Crippen molar-refractivity contribution >= 4 is 17.3 Å². The second-order valence-corrected chi connectivity index (χ2v) is 5.70. The van der Waals surface area contributed by atoms with Gasteiger partial charge in [-0.2, -0.15) is 0 Å². The molecule has 5 heteroatoms. The summed E-state index contributed by atoms with van der Waals surface area (Å²) in [7, 11) is 0. The van der Waals surface area contributed by atoms with Gasteiger partial charge in [-0.15, -0.1) is 0 Å². The lowest BCUT2D eigenvalue weighted by Gasteiger charge is -2.08. The van der Waals surface area contributed by atoms with E-state index < -0.39 is 0 Å². The summed E-state index contributed by atoms with van der Waals surface area (Å²) >= 11 is 0. The fourth-order valence-corrected chi connectivity index (χ4v) is 2.31. The molecule has 2 aromatic rings. The zero-order valence-corrected chi connectivity index (χ0v) is 12.5. The average molecular weight is 275 g/mol. The molecule has 2 rings (SSSR count). The van der Waals surface area contributed by atoms with E-state index in [1.54, 1.807) is 12.4 Å². The molecule has 0 amide bonds. The lowest BCUT2D eigenvalue weighted by Crippen LogP contribution is -2.07. The van der Waals surface area contributed by atoms with Crippen LogP contribution >= 0.6 is 0 Å². The molecule has 0 spiro atoms. The number of nitrogens with zero attached hydrogens (tertiary/aromatic N) is 3. The van der Waals surface area contributed by atoms with Crippen LogP contribution in [0, 0.1) is 5.92 Å². The lowest BCUT2D eigenvalue weighted by molar-refractivity contribution is 0.523. The van der Waals surface area contributed by atoms with Crippen LogP contribution in [0.4, 0.5) is 11.6 Å². The summed E-state index contributed by atoms with van der Waals surface area (Å²) in [5, 5.41) is 3.34. The fourth-order valence-electron chi connectivity index (χ4n) is 2.31. The minimum atomic E-state index is 0.509. The van der Waals surface area contributed by atoms with E-state index in [-0.39, 0.29) is 0 Å². The highest BCUT2D eigenvalue weighted by atomic mass is 15.1. The molecule has 3 N–H and O–H groups in total. The number of hydrogen-bond donors (Lipinski definition) is 2. The van der Waals surface area contributed by atoms with Crippen LogP contribution in [0.3, 0.4) is 0 Å². The van der Waals surface area contributed by atoms with Crippen molar-refractivity contribution in [2.75, 3.05) is 17.6 Å². The summed E-state index contributed by atoms with van der Waals surface area (Å²) in [6.45, 7) is 5.48. The van der Waals surface area contributed by atoms with Gasteiger partial charge in [0.1, 0.15) is 5.82 Å². The van der Waals surface area contributed by atoms with Crippen molar-refractivity contribution in [1.82, 2.24) is 14.4 Å². The molecule has 110 valence electrons. The van der Waals surface area contributed by atoms with Gasteiger partial charge in [0.2, 0.25) is 0 Å². The molecular weight excluding hydrogens is 250 g/mol. The second kappa shape index (κ2) is 7.12. The van der Waals surface area contributed by atoms with Gasteiger partial charge in [0.15, 0.2) is 11.5 Å². The van der Waals surface area contributed by atoms with Gasteiger partial charge < -0.3 is 15.5 Å². The van der Waals surface area contributed by atoms with Crippen molar-refractivity contribution in [3.05, 3.63) is 18.6 Å². The normalized spacial score (nSPS) is 11.3. The number of anilines is 2. The van der Waals surface area contributed by atoms with Gasteiger partial charge in [0.25, 0.3) is 0 Å². The summed E-state index contributed by atoms with van der Waals surface area (Å²) in [6, 6.07) is 0. The quantitative estimate of drug-likeness (QED) is 0.725. The van der Waals surface area contributed by atoms with Gasteiger partial charge in [-0.05, 0) is 12.3 Å². The van der Waals surface area contributed by atoms with Gasteiger partial charge in [-0.3, -0.25) is 0 Å². The monoisotopic (exact) mass is 275 g/mol. The molecule has 2 heterocycles. The van der Waals surface area contributed by atoms with Crippen molar-refractivity contribution in [3.8, 4) is 0 Å². The first kappa shape index (κ1) is 14.6. The van der Waals surface area contributed by atoms with Crippen LogP contribution in [0.5, 0.6) is 0 Å². The summed E-state index contributed by atoms with van der Waals surface area (Å²) in [5.74, 6) is 2.10. The fraction of sp³-hybridized carbons (Fsp3) is 0.600. The first-order chi connectivity index (χ1) is 9.66. The second-order valence-electron chi connectivity index (χ2n) is 5.70. The number of unbranched alkanes of at least 4 members (excludes halogenated alkanes) is 3. The number of imidazole rings is 1. The number of nitrogens with one attached hydrogen (secondary N) is 1. The Morgan fingerprint density at radius 3 is 2.85 bits per heavy atom. The number of aromatic nitrogens is 3. The van der Waals surface area contributed by atoms with E-state index in [0.717, 1.165) is 30.3 Å². The smallest absolute Gasteiger partial charge is 0.180 e. The predicted molar refractivity (Wildman–Crippen MR) is 83.8 cm³/mol. The highest BCUT2D eigenvalue weighted by Crippen LogP contribution is 2.15. The molecule has 0 bridgehead atoms. The molecule has 0 radical (unpaired) electrons. The third-order valence-corrected chi connectivity index (χ3v) is 3.39. The highest BCUT2D eigenvalue weighted by Gasteiger charge is 2.05. The average Bonchev–Trinajstić information content (AvgIpc) is 2.85. The summed E-state index contributed by atoms with van der Waals surface area (Å²) in [5.41, 5.74) is 6.61. The third kappa shape index (κ3) is 4.11. The molecule has 0 unspecified atom stereocenters. The molecular formula is C15H25N5. The Morgan fingerprint density at radius 2 is 2.05 bits per heavy atom. The first-order valence-corrected chi connectivity index (χ1v) is 7.50. The van der Waals surface area contributed by atoms with Crippen molar-refractivity contribution in [2.45, 2.75) is 46.0 Å². The molecule has 0 aliphatic carbocycles. The Balaban J connectivity index is 1.74. The van der Waals surface area contributed by atoms with E-state index in [4.69, 9.17) is 5.73 Å². The third-order valence-electron chi connectivity index (χ3n) is 3.39. The molecule has 0 aromatic carbocycles. The maximum Gasteiger partial charge on any atom is 0.180 e. The van der Waals surface area contributed by atoms with Crippen LogP contribution < -0.4 is 11.1 Å². The topological polar surface area (TPSA) is 68.2 Å². The predicted octanol–water partition coefficient (Wildman–Crippen LogP) is 3.33. The van der Waals surface area contributed by atoms with Gasteiger partial charge in [-0.1, -0.05) is 39.5 Å². The highest BCUT2D eigenvalue weighted by molar-refractivity contribution is 5.64. The van der Waals surface area contributed by atoms with E-state index in [1.807, 2.05) is 10.6 Å². The van der Waals surface area contributed by atoms with Gasteiger partial charge in [-0.25, -0.2) is 9.97 Å². The van der Waals surface area contributed by atoms with Crippen LogP contribution in [0.15, 0.2) is 18.6 Å². The van der Waals surface area contributed by atoms with Crippen molar-refractivity contribution in [2.24, 2.45) is 5.92 Å².